The summed E-state index contributed by atoms with van der Waals surface area (Å²) in [6.45, 7) is 9.29. The highest BCUT2D eigenvalue weighted by molar-refractivity contribution is 5.32. The van der Waals surface area contributed by atoms with Gasteiger partial charge in [-0.1, -0.05) is 129 Å². The summed E-state index contributed by atoms with van der Waals surface area (Å²) in [7, 11) is 0. The molecule has 0 atom stereocenters. The lowest BCUT2D eigenvalue weighted by molar-refractivity contribution is 0.186. The lowest BCUT2D eigenvalue weighted by Crippen LogP contribution is -2.27. The normalized spacial score (nSPS) is 28.1. The first-order valence-corrected chi connectivity index (χ1v) is 16.6. The third kappa shape index (κ3) is 11.7. The Morgan fingerprint density at radius 2 is 0.806 bits per heavy atom. The maximum atomic E-state index is 3.83. The highest BCUT2D eigenvalue weighted by atomic mass is 14.4. The highest BCUT2D eigenvalue weighted by Crippen LogP contribution is 2.45. The molecule has 0 radical (unpaired) electrons. The van der Waals surface area contributed by atoms with Gasteiger partial charge in [0.1, 0.15) is 0 Å². The van der Waals surface area contributed by atoms with E-state index in [0.717, 1.165) is 11.8 Å². The number of unbranched alkanes of at least 4 members (excludes halogenated alkanes) is 8. The van der Waals surface area contributed by atoms with Crippen LogP contribution in [0.4, 0.5) is 0 Å². The Balaban J connectivity index is 2.03. The Morgan fingerprint density at radius 1 is 0.472 bits per heavy atom. The zero-order valence-corrected chi connectivity index (χ0v) is 25.1. The smallest absolute Gasteiger partial charge is 0.0325 e. The maximum absolute atomic E-state index is 3.83. The van der Waals surface area contributed by atoms with Crippen LogP contribution in [0.25, 0.3) is 0 Å². The van der Waals surface area contributed by atoms with Crippen molar-refractivity contribution in [1.29, 1.82) is 0 Å². The van der Waals surface area contributed by atoms with Crippen LogP contribution in [-0.2, 0) is 0 Å². The van der Waals surface area contributed by atoms with Crippen molar-refractivity contribution in [2.75, 3.05) is 0 Å². The van der Waals surface area contributed by atoms with Gasteiger partial charge < -0.3 is 0 Å². The highest BCUT2D eigenvalue weighted by Gasteiger charge is 2.34. The average Bonchev–Trinajstić information content (AvgIpc) is 2.90. The van der Waals surface area contributed by atoms with E-state index < -0.39 is 0 Å². The lowest BCUT2D eigenvalue weighted by Gasteiger charge is -2.37. The van der Waals surface area contributed by atoms with Gasteiger partial charge in [-0.05, 0) is 87.9 Å². The van der Waals surface area contributed by atoms with Gasteiger partial charge in [0.2, 0.25) is 0 Å². The van der Waals surface area contributed by atoms with Gasteiger partial charge in [0, 0.05) is 10.8 Å². The van der Waals surface area contributed by atoms with E-state index in [1.165, 1.54) is 154 Å². The second-order valence-electron chi connectivity index (χ2n) is 12.9. The molecule has 0 N–H and O–H groups in total. The Bertz CT molecular complexity index is 600. The first-order chi connectivity index (χ1) is 17.6. The largest absolute Gasteiger partial charge is 0.0823 e. The molecular weight excluding hydrogens is 432 g/mol. The Labute approximate surface area is 227 Å². The van der Waals surface area contributed by atoms with Crippen molar-refractivity contribution in [3.05, 3.63) is 0 Å². The van der Waals surface area contributed by atoms with Gasteiger partial charge in [-0.25, -0.2) is 0 Å². The SMILES string of the molecule is CCCCCC1CCC(C#CC#CC2(CCCCC)CCC(CCCCC)CC2)(CCCCC)CC1. The van der Waals surface area contributed by atoms with Crippen LogP contribution in [0.1, 0.15) is 182 Å². The molecule has 0 amide bonds. The molecule has 0 aliphatic heterocycles. The van der Waals surface area contributed by atoms with Crippen molar-refractivity contribution in [3.63, 3.8) is 0 Å². The fourth-order valence-corrected chi connectivity index (χ4v) is 7.03. The van der Waals surface area contributed by atoms with E-state index in [1.54, 1.807) is 0 Å². The molecule has 0 aromatic rings. The maximum Gasteiger partial charge on any atom is 0.0325 e. The van der Waals surface area contributed by atoms with Crippen LogP contribution in [0.5, 0.6) is 0 Å². The Kier molecular flexibility index (Phi) is 16.0. The van der Waals surface area contributed by atoms with Crippen molar-refractivity contribution in [2.45, 2.75) is 182 Å². The van der Waals surface area contributed by atoms with E-state index >= 15 is 0 Å². The van der Waals surface area contributed by atoms with Crippen molar-refractivity contribution in [2.24, 2.45) is 22.7 Å². The Morgan fingerprint density at radius 3 is 1.14 bits per heavy atom. The second kappa shape index (κ2) is 18.4. The van der Waals surface area contributed by atoms with Crippen LogP contribution in [0.2, 0.25) is 0 Å². The molecule has 2 fully saturated rings. The van der Waals surface area contributed by atoms with E-state index in [4.69, 9.17) is 0 Å². The average molecular weight is 495 g/mol. The predicted octanol–water partition coefficient (Wildman–Crippen LogP) is 11.7. The zero-order chi connectivity index (χ0) is 26.0. The fraction of sp³-hybridized carbons (Fsp3) is 0.889. The van der Waals surface area contributed by atoms with Crippen LogP contribution < -0.4 is 0 Å². The molecular formula is C36H62. The lowest BCUT2D eigenvalue weighted by atomic mass is 9.67. The van der Waals surface area contributed by atoms with Gasteiger partial charge >= 0.3 is 0 Å². The van der Waals surface area contributed by atoms with Crippen molar-refractivity contribution in [1.82, 2.24) is 0 Å². The summed E-state index contributed by atoms with van der Waals surface area (Å²) in [5.74, 6) is 16.6. The van der Waals surface area contributed by atoms with Crippen molar-refractivity contribution >= 4 is 0 Å². The number of rotatable bonds is 16. The summed E-state index contributed by atoms with van der Waals surface area (Å²) in [5, 5.41) is 0. The molecule has 2 aliphatic carbocycles. The molecule has 0 nitrogen and oxygen atoms in total. The predicted molar refractivity (Wildman–Crippen MR) is 161 cm³/mol. The zero-order valence-electron chi connectivity index (χ0n) is 25.1. The van der Waals surface area contributed by atoms with E-state index in [9.17, 15) is 0 Å². The molecule has 206 valence electrons. The van der Waals surface area contributed by atoms with Crippen molar-refractivity contribution in [3.8, 4) is 23.7 Å². The minimum absolute atomic E-state index is 0.261. The van der Waals surface area contributed by atoms with Gasteiger partial charge in [-0.2, -0.15) is 0 Å². The number of hydrogen-bond donors (Lipinski definition) is 0. The minimum Gasteiger partial charge on any atom is -0.0823 e. The summed E-state index contributed by atoms with van der Waals surface area (Å²) in [5.41, 5.74) is 0.523. The molecule has 36 heavy (non-hydrogen) atoms. The summed E-state index contributed by atoms with van der Waals surface area (Å²) in [6.07, 6.45) is 32.8. The minimum atomic E-state index is 0.261. The molecule has 0 saturated heterocycles. The monoisotopic (exact) mass is 494 g/mol. The topological polar surface area (TPSA) is 0 Å². The molecule has 0 heteroatoms. The van der Waals surface area contributed by atoms with Gasteiger partial charge in [0.25, 0.3) is 0 Å². The third-order valence-electron chi connectivity index (χ3n) is 9.79. The van der Waals surface area contributed by atoms with Crippen LogP contribution in [0, 0.1) is 46.3 Å². The first kappa shape index (κ1) is 31.3. The molecule has 0 spiro atoms. The first-order valence-electron chi connectivity index (χ1n) is 16.6. The molecule has 0 aromatic carbocycles. The summed E-state index contributed by atoms with van der Waals surface area (Å²) in [6, 6.07) is 0. The van der Waals surface area contributed by atoms with Gasteiger partial charge in [-0.3, -0.25) is 0 Å². The molecule has 0 bridgehead atoms. The van der Waals surface area contributed by atoms with Crippen LogP contribution >= 0.6 is 0 Å². The molecule has 2 aliphatic rings. The van der Waals surface area contributed by atoms with Gasteiger partial charge in [-0.15, -0.1) is 0 Å². The van der Waals surface area contributed by atoms with E-state index in [-0.39, 0.29) is 10.8 Å². The number of hydrogen-bond acceptors (Lipinski definition) is 0. The second-order valence-corrected chi connectivity index (χ2v) is 12.9. The van der Waals surface area contributed by atoms with E-state index in [2.05, 4.69) is 51.4 Å². The van der Waals surface area contributed by atoms with Crippen LogP contribution in [-0.4, -0.2) is 0 Å². The molecule has 0 unspecified atom stereocenters. The van der Waals surface area contributed by atoms with Crippen LogP contribution in [0.3, 0.4) is 0 Å². The summed E-state index contributed by atoms with van der Waals surface area (Å²) in [4.78, 5) is 0. The quantitative estimate of drug-likeness (QED) is 0.148. The molecule has 2 saturated carbocycles. The summed E-state index contributed by atoms with van der Waals surface area (Å²) < 4.78 is 0. The van der Waals surface area contributed by atoms with E-state index in [0.29, 0.717) is 0 Å². The van der Waals surface area contributed by atoms with Gasteiger partial charge in [0.05, 0.1) is 0 Å². The third-order valence-corrected chi connectivity index (χ3v) is 9.79. The molecule has 0 aromatic heterocycles. The van der Waals surface area contributed by atoms with Crippen molar-refractivity contribution < 1.29 is 0 Å². The fourth-order valence-electron chi connectivity index (χ4n) is 7.03. The molecule has 2 rings (SSSR count). The Hall–Kier alpha value is -0.880. The van der Waals surface area contributed by atoms with Gasteiger partial charge in [0.15, 0.2) is 0 Å². The van der Waals surface area contributed by atoms with Crippen LogP contribution in [0.15, 0.2) is 0 Å². The standard InChI is InChI=1S/C36H62/c1-5-9-13-19-33-21-29-35(30-22-33,25-15-11-7-3)27-17-18-28-36(26-16-12-8-4)31-23-34(24-32-36)20-14-10-6-2/h33-34H,5-16,19-26,29-32H2,1-4H3. The van der Waals surface area contributed by atoms with E-state index in [1.807, 2.05) is 0 Å². The molecule has 0 heterocycles. The summed E-state index contributed by atoms with van der Waals surface area (Å²) >= 11 is 0.